The average Bonchev–Trinajstić information content (AvgIpc) is 2.38. The lowest BCUT2D eigenvalue weighted by Gasteiger charge is -2.21. The van der Waals surface area contributed by atoms with E-state index in [0.29, 0.717) is 6.04 Å². The predicted octanol–water partition coefficient (Wildman–Crippen LogP) is 5.02. The summed E-state index contributed by atoms with van der Waals surface area (Å²) < 4.78 is 0. The van der Waals surface area contributed by atoms with Gasteiger partial charge in [0.05, 0.1) is 0 Å². The monoisotopic (exact) mass is 293 g/mol. The van der Waals surface area contributed by atoms with Crippen LogP contribution in [0.3, 0.4) is 0 Å². The lowest BCUT2D eigenvalue weighted by atomic mass is 9.86. The van der Waals surface area contributed by atoms with Gasteiger partial charge in [0.15, 0.2) is 0 Å². The van der Waals surface area contributed by atoms with Gasteiger partial charge in [-0.15, -0.1) is 0 Å². The van der Waals surface area contributed by atoms with Gasteiger partial charge in [0.2, 0.25) is 0 Å². The molecule has 1 unspecified atom stereocenters. The van der Waals surface area contributed by atoms with Gasteiger partial charge in [0.1, 0.15) is 0 Å². The Kier molecular flexibility index (Phi) is 7.11. The molecule has 0 heterocycles. The van der Waals surface area contributed by atoms with Crippen molar-refractivity contribution in [2.24, 2.45) is 5.92 Å². The van der Waals surface area contributed by atoms with Gasteiger partial charge in [-0.1, -0.05) is 58.9 Å². The molecule has 1 aromatic carbocycles. The van der Waals surface area contributed by atoms with Crippen LogP contribution in [0.4, 0.5) is 0 Å². The molecule has 1 aromatic rings. The van der Waals surface area contributed by atoms with Gasteiger partial charge in [0.25, 0.3) is 0 Å². The van der Waals surface area contributed by atoms with Crippen molar-refractivity contribution in [1.82, 2.24) is 5.32 Å². The molecule has 2 heteroatoms. The van der Waals surface area contributed by atoms with Gasteiger partial charge >= 0.3 is 0 Å². The molecule has 0 fully saturated rings. The number of hydrogen-bond acceptors (Lipinski definition) is 2. The second-order valence-electron chi connectivity index (χ2n) is 6.97. The molecule has 1 nitrogen and oxygen atoms in total. The van der Waals surface area contributed by atoms with Crippen molar-refractivity contribution in [3.8, 4) is 0 Å². The van der Waals surface area contributed by atoms with E-state index < -0.39 is 0 Å². The summed E-state index contributed by atoms with van der Waals surface area (Å²) in [6, 6.07) is 9.58. The van der Waals surface area contributed by atoms with E-state index in [0.717, 1.165) is 11.7 Å². The first-order valence-electron chi connectivity index (χ1n) is 7.70. The molecular formula is C18H31NS. The Morgan fingerprint density at radius 1 is 1.10 bits per heavy atom. The summed E-state index contributed by atoms with van der Waals surface area (Å²) in [5, 5.41) is 3.44. The quantitative estimate of drug-likeness (QED) is 0.708. The van der Waals surface area contributed by atoms with E-state index in [2.05, 4.69) is 83.0 Å². The minimum absolute atomic E-state index is 0.236. The predicted molar refractivity (Wildman–Crippen MR) is 93.7 cm³/mol. The first-order chi connectivity index (χ1) is 9.34. The summed E-state index contributed by atoms with van der Waals surface area (Å²) in [7, 11) is 2.06. The Balaban J connectivity index is 2.57. The third-order valence-electron chi connectivity index (χ3n) is 3.65. The number of hydrogen-bond donors (Lipinski definition) is 1. The molecule has 0 aliphatic rings. The SMILES string of the molecule is CNC(CSCCC(C)C)c1ccc(C(C)(C)C)cc1. The summed E-state index contributed by atoms with van der Waals surface area (Å²) in [5.74, 6) is 3.22. The molecule has 1 N–H and O–H groups in total. The van der Waals surface area contributed by atoms with E-state index in [9.17, 15) is 0 Å². The highest BCUT2D eigenvalue weighted by molar-refractivity contribution is 7.99. The summed E-state index contributed by atoms with van der Waals surface area (Å²) in [4.78, 5) is 0. The van der Waals surface area contributed by atoms with Gasteiger partial charge in [-0.25, -0.2) is 0 Å². The zero-order chi connectivity index (χ0) is 15.2. The third-order valence-corrected chi connectivity index (χ3v) is 4.75. The smallest absolute Gasteiger partial charge is 0.0409 e. The van der Waals surface area contributed by atoms with Crippen LogP contribution in [0.5, 0.6) is 0 Å². The minimum Gasteiger partial charge on any atom is -0.312 e. The van der Waals surface area contributed by atoms with E-state index >= 15 is 0 Å². The lowest BCUT2D eigenvalue weighted by molar-refractivity contribution is 0.588. The first-order valence-corrected chi connectivity index (χ1v) is 8.85. The molecule has 0 spiro atoms. The second kappa shape index (κ2) is 8.09. The van der Waals surface area contributed by atoms with Crippen LogP contribution in [-0.2, 0) is 5.41 Å². The number of benzene rings is 1. The molecule has 0 saturated heterocycles. The first kappa shape index (κ1) is 17.6. The molecular weight excluding hydrogens is 262 g/mol. The van der Waals surface area contributed by atoms with Crippen LogP contribution in [0.1, 0.15) is 58.2 Å². The van der Waals surface area contributed by atoms with Crippen molar-refractivity contribution in [1.29, 1.82) is 0 Å². The fourth-order valence-corrected chi connectivity index (χ4v) is 3.48. The van der Waals surface area contributed by atoms with Crippen LogP contribution in [0.15, 0.2) is 24.3 Å². The second-order valence-corrected chi connectivity index (χ2v) is 8.12. The molecule has 20 heavy (non-hydrogen) atoms. The molecule has 0 saturated carbocycles. The van der Waals surface area contributed by atoms with E-state index in [1.807, 2.05) is 0 Å². The molecule has 1 rings (SSSR count). The van der Waals surface area contributed by atoms with E-state index in [1.54, 1.807) is 0 Å². The van der Waals surface area contributed by atoms with Crippen molar-refractivity contribution in [2.75, 3.05) is 18.6 Å². The van der Waals surface area contributed by atoms with E-state index in [4.69, 9.17) is 0 Å². The van der Waals surface area contributed by atoms with Gasteiger partial charge in [-0.2, -0.15) is 11.8 Å². The van der Waals surface area contributed by atoms with Crippen LogP contribution in [0.25, 0.3) is 0 Å². The Bertz CT molecular complexity index is 375. The molecule has 0 aromatic heterocycles. The standard InChI is InChI=1S/C18H31NS/c1-14(2)11-12-20-13-17(19-6)15-7-9-16(10-8-15)18(3,4)5/h7-10,14,17,19H,11-13H2,1-6H3. The van der Waals surface area contributed by atoms with E-state index in [-0.39, 0.29) is 5.41 Å². The maximum atomic E-state index is 3.44. The topological polar surface area (TPSA) is 12.0 Å². The summed E-state index contributed by atoms with van der Waals surface area (Å²) in [5.41, 5.74) is 3.04. The highest BCUT2D eigenvalue weighted by atomic mass is 32.2. The van der Waals surface area contributed by atoms with Crippen molar-refractivity contribution in [3.05, 3.63) is 35.4 Å². The summed E-state index contributed by atoms with van der Waals surface area (Å²) in [6.45, 7) is 11.4. The normalized spacial score (nSPS) is 13.8. The zero-order valence-electron chi connectivity index (χ0n) is 14.0. The Morgan fingerprint density at radius 3 is 2.15 bits per heavy atom. The Labute approximate surface area is 129 Å². The van der Waals surface area contributed by atoms with Crippen LogP contribution in [-0.4, -0.2) is 18.6 Å². The highest BCUT2D eigenvalue weighted by Gasteiger charge is 2.15. The van der Waals surface area contributed by atoms with Crippen molar-refractivity contribution in [3.63, 3.8) is 0 Å². The average molecular weight is 294 g/mol. The van der Waals surface area contributed by atoms with Crippen molar-refractivity contribution in [2.45, 2.75) is 52.5 Å². The summed E-state index contributed by atoms with van der Waals surface area (Å²) in [6.07, 6.45) is 1.31. The Hall–Kier alpha value is -0.470. The maximum Gasteiger partial charge on any atom is 0.0409 e. The maximum absolute atomic E-state index is 3.44. The number of nitrogens with one attached hydrogen (secondary N) is 1. The molecule has 0 amide bonds. The van der Waals surface area contributed by atoms with Crippen LogP contribution in [0.2, 0.25) is 0 Å². The van der Waals surface area contributed by atoms with Crippen LogP contribution < -0.4 is 5.32 Å². The fraction of sp³-hybridized carbons (Fsp3) is 0.667. The van der Waals surface area contributed by atoms with Crippen molar-refractivity contribution < 1.29 is 0 Å². The molecule has 0 radical (unpaired) electrons. The van der Waals surface area contributed by atoms with Gasteiger partial charge < -0.3 is 5.32 Å². The van der Waals surface area contributed by atoms with E-state index in [1.165, 1.54) is 23.3 Å². The zero-order valence-corrected chi connectivity index (χ0v) is 14.8. The highest BCUT2D eigenvalue weighted by Crippen LogP contribution is 2.25. The molecule has 0 aliphatic carbocycles. The molecule has 114 valence electrons. The van der Waals surface area contributed by atoms with Crippen molar-refractivity contribution >= 4 is 11.8 Å². The van der Waals surface area contributed by atoms with Gasteiger partial charge in [-0.3, -0.25) is 0 Å². The number of thioether (sulfide) groups is 1. The van der Waals surface area contributed by atoms with Gasteiger partial charge in [-0.05, 0) is 41.7 Å². The lowest BCUT2D eigenvalue weighted by Crippen LogP contribution is -2.19. The third kappa shape index (κ3) is 5.88. The molecule has 1 atom stereocenters. The van der Waals surface area contributed by atoms with Crippen LogP contribution in [0, 0.1) is 5.92 Å². The minimum atomic E-state index is 0.236. The molecule has 0 bridgehead atoms. The number of rotatable bonds is 7. The Morgan fingerprint density at radius 2 is 1.70 bits per heavy atom. The summed E-state index contributed by atoms with van der Waals surface area (Å²) >= 11 is 2.06. The van der Waals surface area contributed by atoms with Gasteiger partial charge in [0, 0.05) is 11.8 Å². The largest absolute Gasteiger partial charge is 0.312 e. The van der Waals surface area contributed by atoms with Crippen LogP contribution >= 0.6 is 11.8 Å². The molecule has 0 aliphatic heterocycles. The fourth-order valence-electron chi connectivity index (χ4n) is 2.08.